The van der Waals surface area contributed by atoms with E-state index < -0.39 is 5.82 Å². The minimum atomic E-state index is -0.472. The van der Waals surface area contributed by atoms with E-state index in [2.05, 4.69) is 6.92 Å². The summed E-state index contributed by atoms with van der Waals surface area (Å²) in [6, 6.07) is 6.78. The van der Waals surface area contributed by atoms with E-state index in [0.717, 1.165) is 41.5 Å². The molecule has 1 nitrogen and oxygen atoms in total. The van der Waals surface area contributed by atoms with Crippen molar-refractivity contribution in [1.82, 2.24) is 0 Å². The summed E-state index contributed by atoms with van der Waals surface area (Å²) in [6.07, 6.45) is 13.7. The summed E-state index contributed by atoms with van der Waals surface area (Å²) >= 11 is 0. The van der Waals surface area contributed by atoms with Crippen molar-refractivity contribution in [1.29, 1.82) is 0 Å². The lowest BCUT2D eigenvalue weighted by Crippen LogP contribution is -2.30. The molecule has 2 aromatic carbocycles. The van der Waals surface area contributed by atoms with Crippen molar-refractivity contribution in [2.75, 3.05) is 6.61 Å². The zero-order chi connectivity index (χ0) is 21.1. The van der Waals surface area contributed by atoms with Gasteiger partial charge in [-0.15, -0.1) is 0 Å². The normalized spacial score (nSPS) is 26.8. The molecule has 0 aliphatic heterocycles. The fourth-order valence-electron chi connectivity index (χ4n) is 5.90. The monoisotopic (exact) mass is 412 g/mol. The van der Waals surface area contributed by atoms with Gasteiger partial charge in [0.05, 0.1) is 0 Å². The molecule has 0 heterocycles. The summed E-state index contributed by atoms with van der Waals surface area (Å²) in [7, 11) is 0. The van der Waals surface area contributed by atoms with Gasteiger partial charge in [0.2, 0.25) is 0 Å². The molecular formula is C27H34F2O. The molecule has 162 valence electrons. The van der Waals surface area contributed by atoms with Gasteiger partial charge in [0, 0.05) is 5.39 Å². The highest BCUT2D eigenvalue weighted by Crippen LogP contribution is 2.49. The van der Waals surface area contributed by atoms with Gasteiger partial charge in [0.1, 0.15) is 12.4 Å². The van der Waals surface area contributed by atoms with Crippen LogP contribution in [0.15, 0.2) is 36.4 Å². The summed E-state index contributed by atoms with van der Waals surface area (Å²) in [6.45, 7) is 4.48. The first-order valence-electron chi connectivity index (χ1n) is 11.8. The zero-order valence-electron chi connectivity index (χ0n) is 18.3. The molecule has 2 aromatic rings. The number of benzene rings is 2. The van der Waals surface area contributed by atoms with Crippen molar-refractivity contribution in [2.45, 2.75) is 71.1 Å². The van der Waals surface area contributed by atoms with Gasteiger partial charge >= 0.3 is 0 Å². The van der Waals surface area contributed by atoms with E-state index >= 15 is 4.39 Å². The number of ether oxygens (including phenoxy) is 1. The number of fused-ring (bicyclic) bond motifs is 2. The molecule has 2 aliphatic carbocycles. The quantitative estimate of drug-likeness (QED) is 0.435. The molecule has 0 N–H and O–H groups in total. The van der Waals surface area contributed by atoms with Crippen LogP contribution in [-0.2, 0) is 0 Å². The van der Waals surface area contributed by atoms with Gasteiger partial charge in [-0.3, -0.25) is 0 Å². The number of rotatable bonds is 6. The summed E-state index contributed by atoms with van der Waals surface area (Å²) in [5.74, 6) is 2.15. The molecular weight excluding hydrogens is 378 g/mol. The number of allylic oxidation sites excluding steroid dienone is 1. The fourth-order valence-corrected chi connectivity index (χ4v) is 5.90. The summed E-state index contributed by atoms with van der Waals surface area (Å²) < 4.78 is 35.4. The van der Waals surface area contributed by atoms with E-state index in [4.69, 9.17) is 4.74 Å². The molecule has 2 fully saturated rings. The lowest BCUT2D eigenvalue weighted by atomic mass is 9.63. The number of halogens is 2. The number of hydrogen-bond acceptors (Lipinski definition) is 1. The molecule has 0 saturated heterocycles. The lowest BCUT2D eigenvalue weighted by molar-refractivity contribution is 0.113. The van der Waals surface area contributed by atoms with Crippen LogP contribution in [0.3, 0.4) is 0 Å². The predicted molar refractivity (Wildman–Crippen MR) is 120 cm³/mol. The molecule has 2 unspecified atom stereocenters. The standard InChI is InChI=1S/C27H34F2O/c1-3-5-13-30-26-12-11-22-16-23(25(28)17-24(22)27(26)29)21-10-9-19-14-18(6-4-2)7-8-20(19)15-21/h3,5,11-12,16-21H,4,6-10,13-15H2,1-2H3/b5-3+/t18?,19-,20?,21-/m1/s1. The van der Waals surface area contributed by atoms with Crippen LogP contribution in [0.1, 0.15) is 76.7 Å². The Morgan fingerprint density at radius 3 is 2.63 bits per heavy atom. The Balaban J connectivity index is 1.52. The van der Waals surface area contributed by atoms with Gasteiger partial charge in [-0.05, 0) is 91.8 Å². The molecule has 2 saturated carbocycles. The highest BCUT2D eigenvalue weighted by molar-refractivity contribution is 5.85. The van der Waals surface area contributed by atoms with E-state index in [1.54, 1.807) is 6.07 Å². The molecule has 0 radical (unpaired) electrons. The Morgan fingerprint density at radius 1 is 1.03 bits per heavy atom. The topological polar surface area (TPSA) is 9.23 Å². The van der Waals surface area contributed by atoms with E-state index in [0.29, 0.717) is 12.0 Å². The van der Waals surface area contributed by atoms with Crippen LogP contribution in [0.2, 0.25) is 0 Å². The first kappa shape index (κ1) is 21.3. The largest absolute Gasteiger partial charge is 0.486 e. The van der Waals surface area contributed by atoms with Crippen molar-refractivity contribution < 1.29 is 13.5 Å². The molecule has 2 aliphatic rings. The second-order valence-corrected chi connectivity index (χ2v) is 9.35. The van der Waals surface area contributed by atoms with Crippen LogP contribution >= 0.6 is 0 Å². The van der Waals surface area contributed by atoms with Crippen LogP contribution in [0.4, 0.5) is 8.78 Å². The van der Waals surface area contributed by atoms with Gasteiger partial charge in [-0.1, -0.05) is 44.4 Å². The molecule has 4 rings (SSSR count). The van der Waals surface area contributed by atoms with E-state index in [9.17, 15) is 4.39 Å². The van der Waals surface area contributed by atoms with Gasteiger partial charge in [-0.25, -0.2) is 8.78 Å². The van der Waals surface area contributed by atoms with Crippen molar-refractivity contribution in [2.24, 2.45) is 17.8 Å². The molecule has 3 heteroatoms. The maximum Gasteiger partial charge on any atom is 0.172 e. The summed E-state index contributed by atoms with van der Waals surface area (Å²) in [5, 5.41) is 1.07. The predicted octanol–water partition coefficient (Wildman–Crippen LogP) is 8.17. The van der Waals surface area contributed by atoms with E-state index in [-0.39, 0.29) is 17.5 Å². The first-order chi connectivity index (χ1) is 14.6. The van der Waals surface area contributed by atoms with Crippen LogP contribution < -0.4 is 4.74 Å². The zero-order valence-corrected chi connectivity index (χ0v) is 18.3. The second-order valence-electron chi connectivity index (χ2n) is 9.35. The second kappa shape index (κ2) is 9.49. The Kier molecular flexibility index (Phi) is 6.75. The average Bonchev–Trinajstić information content (AvgIpc) is 2.75. The minimum absolute atomic E-state index is 0.178. The Hall–Kier alpha value is -1.90. The highest BCUT2D eigenvalue weighted by atomic mass is 19.1. The fraction of sp³-hybridized carbons (Fsp3) is 0.556. The van der Waals surface area contributed by atoms with Crippen molar-refractivity contribution in [3.05, 3.63) is 53.6 Å². The van der Waals surface area contributed by atoms with Crippen LogP contribution in [0.25, 0.3) is 10.8 Å². The first-order valence-corrected chi connectivity index (χ1v) is 11.8. The van der Waals surface area contributed by atoms with Crippen molar-refractivity contribution >= 4 is 10.8 Å². The van der Waals surface area contributed by atoms with Crippen molar-refractivity contribution in [3.63, 3.8) is 0 Å². The maximum atomic E-state index is 15.1. The highest BCUT2D eigenvalue weighted by Gasteiger charge is 2.36. The summed E-state index contributed by atoms with van der Waals surface area (Å²) in [5.41, 5.74) is 0.776. The van der Waals surface area contributed by atoms with Crippen LogP contribution in [0.5, 0.6) is 5.75 Å². The third-order valence-corrected chi connectivity index (χ3v) is 7.47. The molecule has 0 spiro atoms. The molecule has 0 amide bonds. The van der Waals surface area contributed by atoms with Crippen LogP contribution in [-0.4, -0.2) is 6.61 Å². The smallest absolute Gasteiger partial charge is 0.172 e. The number of hydrogen-bond donors (Lipinski definition) is 0. The minimum Gasteiger partial charge on any atom is -0.486 e. The molecule has 0 aromatic heterocycles. The van der Waals surface area contributed by atoms with Crippen LogP contribution in [0, 0.1) is 29.4 Å². The average molecular weight is 413 g/mol. The Labute approximate surface area is 179 Å². The van der Waals surface area contributed by atoms with E-state index in [1.165, 1.54) is 44.6 Å². The molecule has 4 atom stereocenters. The van der Waals surface area contributed by atoms with Gasteiger partial charge in [0.15, 0.2) is 11.6 Å². The molecule has 30 heavy (non-hydrogen) atoms. The Bertz CT molecular complexity index is 903. The molecule has 0 bridgehead atoms. The summed E-state index contributed by atoms with van der Waals surface area (Å²) in [4.78, 5) is 0. The van der Waals surface area contributed by atoms with E-state index in [1.807, 2.05) is 31.2 Å². The third kappa shape index (κ3) is 4.40. The van der Waals surface area contributed by atoms with Gasteiger partial charge in [-0.2, -0.15) is 0 Å². The maximum absolute atomic E-state index is 15.1. The lowest BCUT2D eigenvalue weighted by Gasteiger charge is -2.42. The van der Waals surface area contributed by atoms with Crippen molar-refractivity contribution in [3.8, 4) is 5.75 Å². The Morgan fingerprint density at radius 2 is 1.83 bits per heavy atom. The van der Waals surface area contributed by atoms with Gasteiger partial charge in [0.25, 0.3) is 0 Å². The van der Waals surface area contributed by atoms with Gasteiger partial charge < -0.3 is 4.74 Å². The SMILES string of the molecule is C/C=C/COc1ccc2cc([C@@H]3CC[C@@H]4CC(CCC)CCC4C3)c(F)cc2c1F. The third-order valence-electron chi connectivity index (χ3n) is 7.47.